The number of aliphatic carboxylic acids is 1. The van der Waals surface area contributed by atoms with Crippen LogP contribution in [0.1, 0.15) is 24.8 Å². The summed E-state index contributed by atoms with van der Waals surface area (Å²) in [6.45, 7) is -0.600. The Labute approximate surface area is 210 Å². The highest BCUT2D eigenvalue weighted by Crippen LogP contribution is 2.38. The van der Waals surface area contributed by atoms with Crippen LogP contribution in [0.15, 0.2) is 30.5 Å². The van der Waals surface area contributed by atoms with Crippen molar-refractivity contribution in [3.63, 3.8) is 0 Å². The second kappa shape index (κ2) is 11.1. The van der Waals surface area contributed by atoms with Crippen LogP contribution < -0.4 is 0 Å². The zero-order valence-corrected chi connectivity index (χ0v) is 19.5. The number of ether oxygens (including phenoxy) is 4. The molecule has 1 saturated heterocycles. The van der Waals surface area contributed by atoms with Gasteiger partial charge in [-0.1, -0.05) is 12.1 Å². The highest BCUT2D eigenvalue weighted by Gasteiger charge is 2.49. The van der Waals surface area contributed by atoms with E-state index in [4.69, 9.17) is 24.1 Å². The number of aromatic hydroxyl groups is 1. The lowest BCUT2D eigenvalue weighted by atomic mass is 9.76. The van der Waals surface area contributed by atoms with E-state index in [0.717, 1.165) is 0 Å². The third-order valence-corrected chi connectivity index (χ3v) is 6.62. The Bertz CT molecular complexity index is 1040. The summed E-state index contributed by atoms with van der Waals surface area (Å²) in [4.78, 5) is 35.2. The molecule has 0 aromatic heterocycles. The number of benzene rings is 1. The number of carboxylic acids is 1. The summed E-state index contributed by atoms with van der Waals surface area (Å²) in [7, 11) is 0. The molecule has 0 amide bonds. The Morgan fingerprint density at radius 3 is 2.38 bits per heavy atom. The van der Waals surface area contributed by atoms with Gasteiger partial charge in [-0.2, -0.15) is 0 Å². The van der Waals surface area contributed by atoms with Crippen LogP contribution in [-0.2, 0) is 33.3 Å². The standard InChI is InChI=1S/C24H28O13/c25-11-3-1-10(2-4-11)13-8-34-15-6-12(5-14(26)19(15)20(13)30)36-24-23(33)22(32)21(31)16(37-24)9-35-18(29)7-17(27)28/h1-4,8,12,14-16,19,21-26,31-33H,5-7,9H2,(H,27,28)/t12?,14?,15?,16-,19?,21-,22+,23-,24-/m1/s1. The Morgan fingerprint density at radius 2 is 1.70 bits per heavy atom. The second-order valence-electron chi connectivity index (χ2n) is 9.21. The molecule has 0 bridgehead atoms. The number of Topliss-reactive ketones (excluding diaryl/α,β-unsaturated/α-hetero) is 1. The van der Waals surface area contributed by atoms with Gasteiger partial charge in [-0.05, 0) is 17.7 Å². The lowest BCUT2D eigenvalue weighted by Crippen LogP contribution is -2.60. The molecule has 9 atom stereocenters. The molecular weight excluding hydrogens is 496 g/mol. The van der Waals surface area contributed by atoms with E-state index in [2.05, 4.69) is 0 Å². The summed E-state index contributed by atoms with van der Waals surface area (Å²) in [5.41, 5.74) is 0.774. The summed E-state index contributed by atoms with van der Waals surface area (Å²) in [5, 5.41) is 59.6. The number of rotatable bonds is 7. The van der Waals surface area contributed by atoms with E-state index < -0.39 is 79.9 Å². The van der Waals surface area contributed by atoms with Crippen molar-refractivity contribution in [2.75, 3.05) is 6.61 Å². The van der Waals surface area contributed by atoms with Gasteiger partial charge >= 0.3 is 11.9 Å². The van der Waals surface area contributed by atoms with Crippen LogP contribution in [0.2, 0.25) is 0 Å². The van der Waals surface area contributed by atoms with E-state index >= 15 is 0 Å². The van der Waals surface area contributed by atoms with Crippen molar-refractivity contribution >= 4 is 23.3 Å². The van der Waals surface area contributed by atoms with E-state index in [9.17, 15) is 39.9 Å². The van der Waals surface area contributed by atoms with Gasteiger partial charge in [-0.3, -0.25) is 14.4 Å². The van der Waals surface area contributed by atoms with Crippen LogP contribution in [-0.4, -0.2) is 104 Å². The number of ketones is 1. The van der Waals surface area contributed by atoms with Crippen molar-refractivity contribution in [2.45, 2.75) is 68.3 Å². The van der Waals surface area contributed by atoms with Crippen molar-refractivity contribution in [3.8, 4) is 5.75 Å². The lowest BCUT2D eigenvalue weighted by molar-refractivity contribution is -0.317. The van der Waals surface area contributed by atoms with Crippen LogP contribution in [0.5, 0.6) is 5.75 Å². The van der Waals surface area contributed by atoms with Gasteiger partial charge in [0.05, 0.1) is 30.0 Å². The van der Waals surface area contributed by atoms with Gasteiger partial charge in [-0.25, -0.2) is 0 Å². The zero-order chi connectivity index (χ0) is 26.9. The first kappa shape index (κ1) is 27.0. The minimum Gasteiger partial charge on any atom is -0.508 e. The molecule has 13 heteroatoms. The van der Waals surface area contributed by atoms with Crippen molar-refractivity contribution in [1.82, 2.24) is 0 Å². The lowest BCUT2D eigenvalue weighted by Gasteiger charge is -2.44. The van der Waals surface area contributed by atoms with Gasteiger partial charge in [0.2, 0.25) is 0 Å². The molecule has 2 heterocycles. The van der Waals surface area contributed by atoms with E-state index in [1.165, 1.54) is 18.4 Å². The molecule has 0 radical (unpaired) electrons. The molecule has 1 aliphatic carbocycles. The number of aliphatic hydroxyl groups excluding tert-OH is 4. The van der Waals surface area contributed by atoms with Crippen molar-refractivity contribution in [2.24, 2.45) is 5.92 Å². The van der Waals surface area contributed by atoms with Gasteiger partial charge in [0, 0.05) is 12.8 Å². The molecule has 1 saturated carbocycles. The van der Waals surface area contributed by atoms with E-state index in [-0.39, 0.29) is 29.9 Å². The van der Waals surface area contributed by atoms with Crippen LogP contribution in [0, 0.1) is 5.92 Å². The number of carboxylic acid groups (broad SMARTS) is 1. The number of phenols is 1. The van der Waals surface area contributed by atoms with Crippen molar-refractivity contribution in [1.29, 1.82) is 0 Å². The molecule has 1 aromatic rings. The number of esters is 1. The molecule has 13 nitrogen and oxygen atoms in total. The van der Waals surface area contributed by atoms with E-state index in [1.807, 2.05) is 0 Å². The molecule has 0 spiro atoms. The van der Waals surface area contributed by atoms with Gasteiger partial charge in [0.25, 0.3) is 0 Å². The zero-order valence-electron chi connectivity index (χ0n) is 19.5. The van der Waals surface area contributed by atoms with Gasteiger partial charge in [0.15, 0.2) is 12.1 Å². The summed E-state index contributed by atoms with van der Waals surface area (Å²) in [6.07, 6.45) is -10.1. The number of phenolic OH excluding ortho intramolecular Hbond substituents is 1. The topological polar surface area (TPSA) is 210 Å². The SMILES string of the molecule is O=C(O)CC(=O)OC[C@H]1O[C@@H](OC2CC(O)C3C(=O)C(c4ccc(O)cc4)=COC3C2)[C@H](O)[C@@H](O)[C@@H]1O. The van der Waals surface area contributed by atoms with Gasteiger partial charge in [-0.15, -0.1) is 0 Å². The average molecular weight is 524 g/mol. The van der Waals surface area contributed by atoms with Crippen LogP contribution in [0.4, 0.5) is 0 Å². The molecule has 2 aliphatic heterocycles. The molecule has 6 N–H and O–H groups in total. The summed E-state index contributed by atoms with van der Waals surface area (Å²) >= 11 is 0. The predicted octanol–water partition coefficient (Wildman–Crippen LogP) is -1.32. The number of fused-ring (bicyclic) bond motifs is 1. The van der Waals surface area contributed by atoms with Crippen LogP contribution in [0.3, 0.4) is 0 Å². The monoisotopic (exact) mass is 524 g/mol. The summed E-state index contributed by atoms with van der Waals surface area (Å²) < 4.78 is 21.8. The summed E-state index contributed by atoms with van der Waals surface area (Å²) in [5.74, 6) is -3.66. The molecule has 3 aliphatic rings. The fourth-order valence-corrected chi connectivity index (χ4v) is 4.71. The molecular formula is C24H28O13. The number of hydrogen-bond donors (Lipinski definition) is 6. The first-order valence-corrected chi connectivity index (χ1v) is 11.6. The largest absolute Gasteiger partial charge is 0.508 e. The number of aliphatic hydroxyl groups is 4. The second-order valence-corrected chi connectivity index (χ2v) is 9.21. The smallest absolute Gasteiger partial charge is 0.317 e. The van der Waals surface area contributed by atoms with Gasteiger partial charge in [0.1, 0.15) is 49.3 Å². The third-order valence-electron chi connectivity index (χ3n) is 6.62. The maximum Gasteiger partial charge on any atom is 0.317 e. The van der Waals surface area contributed by atoms with Crippen LogP contribution >= 0.6 is 0 Å². The first-order chi connectivity index (χ1) is 17.5. The van der Waals surface area contributed by atoms with Crippen molar-refractivity contribution < 1.29 is 64.0 Å². The van der Waals surface area contributed by atoms with E-state index in [0.29, 0.717) is 5.56 Å². The minimum atomic E-state index is -1.73. The fraction of sp³-hybridized carbons (Fsp3) is 0.542. The Morgan fingerprint density at radius 1 is 1.00 bits per heavy atom. The predicted molar refractivity (Wildman–Crippen MR) is 119 cm³/mol. The molecule has 202 valence electrons. The highest BCUT2D eigenvalue weighted by molar-refractivity contribution is 6.22. The summed E-state index contributed by atoms with van der Waals surface area (Å²) in [6, 6.07) is 5.97. The number of hydrogen-bond acceptors (Lipinski definition) is 12. The minimum absolute atomic E-state index is 0.0252. The number of carbonyl (C=O) groups is 3. The van der Waals surface area contributed by atoms with Crippen molar-refractivity contribution in [3.05, 3.63) is 36.1 Å². The molecule has 37 heavy (non-hydrogen) atoms. The number of allylic oxidation sites excluding steroid dienone is 1. The average Bonchev–Trinajstić information content (AvgIpc) is 2.84. The first-order valence-electron chi connectivity index (χ1n) is 11.6. The molecule has 4 rings (SSSR count). The fourth-order valence-electron chi connectivity index (χ4n) is 4.71. The molecule has 4 unspecified atom stereocenters. The van der Waals surface area contributed by atoms with E-state index in [1.54, 1.807) is 12.1 Å². The van der Waals surface area contributed by atoms with Gasteiger partial charge < -0.3 is 49.6 Å². The maximum atomic E-state index is 13.1. The maximum absolute atomic E-state index is 13.1. The quantitative estimate of drug-likeness (QED) is 0.181. The Kier molecular flexibility index (Phi) is 8.11. The Hall–Kier alpha value is -3.07. The molecule has 2 fully saturated rings. The number of carbonyl (C=O) groups excluding carboxylic acids is 2. The van der Waals surface area contributed by atoms with Crippen LogP contribution in [0.25, 0.3) is 5.57 Å². The Balaban J connectivity index is 1.40. The highest BCUT2D eigenvalue weighted by atomic mass is 16.7. The molecule has 1 aromatic carbocycles. The normalized spacial score (nSPS) is 35.6. The third kappa shape index (κ3) is 5.92.